The Morgan fingerprint density at radius 2 is 2.47 bits per heavy atom. The maximum absolute atomic E-state index is 5.82. The first-order valence-corrected chi connectivity index (χ1v) is 5.39. The van der Waals surface area contributed by atoms with Crippen molar-refractivity contribution >= 4 is 11.1 Å². The summed E-state index contributed by atoms with van der Waals surface area (Å²) in [4.78, 5) is 6.63. The van der Waals surface area contributed by atoms with Gasteiger partial charge in [0.25, 0.3) is 0 Å². The normalized spacial score (nSPS) is 22.6. The summed E-state index contributed by atoms with van der Waals surface area (Å²) in [5.41, 5.74) is 1.86. The smallest absolute Gasteiger partial charge is 0.152 e. The molecule has 3 heteroatoms. The van der Waals surface area contributed by atoms with Crippen molar-refractivity contribution in [1.82, 2.24) is 9.88 Å². The molecule has 1 aliphatic heterocycles. The predicted octanol–water partition coefficient (Wildman–Crippen LogP) is 2.59. The second-order valence-electron chi connectivity index (χ2n) is 4.17. The molecule has 0 bridgehead atoms. The fraction of sp³-hybridized carbons (Fsp3) is 0.417. The van der Waals surface area contributed by atoms with E-state index in [-0.39, 0.29) is 0 Å². The molecule has 1 aliphatic rings. The molecular formula is C12H14N2O. The minimum absolute atomic E-state index is 0.444. The molecule has 0 aliphatic carbocycles. The summed E-state index contributed by atoms with van der Waals surface area (Å²) in [6.45, 7) is 1.16. The molecule has 0 unspecified atom stereocenters. The van der Waals surface area contributed by atoms with Crippen LogP contribution in [-0.4, -0.2) is 23.5 Å². The van der Waals surface area contributed by atoms with E-state index in [9.17, 15) is 0 Å². The number of pyridine rings is 1. The van der Waals surface area contributed by atoms with Crippen molar-refractivity contribution in [3.63, 3.8) is 0 Å². The van der Waals surface area contributed by atoms with Gasteiger partial charge in [-0.15, -0.1) is 0 Å². The SMILES string of the molecule is CN1CCC[C@@H]1c1cc2ncccc2o1. The minimum atomic E-state index is 0.444. The van der Waals surface area contributed by atoms with Crippen LogP contribution >= 0.6 is 0 Å². The molecule has 1 fully saturated rings. The van der Waals surface area contributed by atoms with Crippen LogP contribution in [0, 0.1) is 0 Å². The Balaban J connectivity index is 2.04. The van der Waals surface area contributed by atoms with E-state index in [0.717, 1.165) is 23.4 Å². The first-order valence-electron chi connectivity index (χ1n) is 5.39. The molecule has 15 heavy (non-hydrogen) atoms. The van der Waals surface area contributed by atoms with Gasteiger partial charge >= 0.3 is 0 Å². The van der Waals surface area contributed by atoms with Crippen LogP contribution in [0.2, 0.25) is 0 Å². The van der Waals surface area contributed by atoms with Gasteiger partial charge in [0.15, 0.2) is 5.58 Å². The monoisotopic (exact) mass is 202 g/mol. The second-order valence-corrected chi connectivity index (χ2v) is 4.17. The third kappa shape index (κ3) is 1.43. The fourth-order valence-corrected chi connectivity index (χ4v) is 2.32. The number of aromatic nitrogens is 1. The van der Waals surface area contributed by atoms with Crippen molar-refractivity contribution in [2.45, 2.75) is 18.9 Å². The van der Waals surface area contributed by atoms with Crippen molar-refractivity contribution in [3.05, 3.63) is 30.2 Å². The van der Waals surface area contributed by atoms with Gasteiger partial charge in [-0.3, -0.25) is 9.88 Å². The lowest BCUT2D eigenvalue weighted by atomic mass is 10.2. The lowest BCUT2D eigenvalue weighted by molar-refractivity contribution is 0.281. The maximum atomic E-state index is 5.82. The zero-order valence-electron chi connectivity index (χ0n) is 8.81. The molecule has 0 aromatic carbocycles. The standard InChI is InChI=1S/C12H14N2O/c1-14-7-3-4-10(14)12-8-9-11(15-12)5-2-6-13-9/h2,5-6,8,10H,3-4,7H2,1H3/t10-/m1/s1. The molecule has 0 saturated carbocycles. The van der Waals surface area contributed by atoms with Crippen molar-refractivity contribution in [2.24, 2.45) is 0 Å². The summed E-state index contributed by atoms with van der Waals surface area (Å²) in [5.74, 6) is 1.06. The topological polar surface area (TPSA) is 29.3 Å². The van der Waals surface area contributed by atoms with Crippen LogP contribution in [0.15, 0.2) is 28.8 Å². The summed E-state index contributed by atoms with van der Waals surface area (Å²) < 4.78 is 5.82. The molecule has 0 radical (unpaired) electrons. The van der Waals surface area contributed by atoms with Crippen LogP contribution < -0.4 is 0 Å². The third-order valence-corrected chi connectivity index (χ3v) is 3.16. The van der Waals surface area contributed by atoms with E-state index in [1.54, 1.807) is 6.20 Å². The summed E-state index contributed by atoms with van der Waals surface area (Å²) in [7, 11) is 2.15. The van der Waals surface area contributed by atoms with Crippen LogP contribution in [0.25, 0.3) is 11.1 Å². The molecule has 1 atom stereocenters. The predicted molar refractivity (Wildman–Crippen MR) is 58.6 cm³/mol. The average Bonchev–Trinajstić information content (AvgIpc) is 2.82. The zero-order valence-corrected chi connectivity index (χ0v) is 8.81. The Kier molecular flexibility index (Phi) is 1.99. The number of rotatable bonds is 1. The first-order chi connectivity index (χ1) is 7.34. The fourth-order valence-electron chi connectivity index (χ4n) is 2.32. The molecule has 0 spiro atoms. The number of likely N-dealkylation sites (tertiary alicyclic amines) is 1. The van der Waals surface area contributed by atoms with E-state index < -0.39 is 0 Å². The van der Waals surface area contributed by atoms with E-state index in [4.69, 9.17) is 4.42 Å². The van der Waals surface area contributed by atoms with E-state index in [2.05, 4.69) is 23.0 Å². The highest BCUT2D eigenvalue weighted by Crippen LogP contribution is 2.33. The number of fused-ring (bicyclic) bond motifs is 1. The van der Waals surface area contributed by atoms with Crippen molar-refractivity contribution in [1.29, 1.82) is 0 Å². The lowest BCUT2D eigenvalue weighted by Crippen LogP contribution is -2.16. The van der Waals surface area contributed by atoms with Crippen LogP contribution in [-0.2, 0) is 0 Å². The van der Waals surface area contributed by atoms with Gasteiger partial charge in [0.05, 0.1) is 6.04 Å². The van der Waals surface area contributed by atoms with Gasteiger partial charge in [-0.05, 0) is 38.6 Å². The van der Waals surface area contributed by atoms with Crippen molar-refractivity contribution in [2.75, 3.05) is 13.6 Å². The minimum Gasteiger partial charge on any atom is -0.458 e. The van der Waals surface area contributed by atoms with Crippen LogP contribution in [0.3, 0.4) is 0 Å². The van der Waals surface area contributed by atoms with Gasteiger partial charge in [0, 0.05) is 12.3 Å². The van der Waals surface area contributed by atoms with Gasteiger partial charge < -0.3 is 4.42 Å². The lowest BCUT2D eigenvalue weighted by Gasteiger charge is -2.16. The summed E-state index contributed by atoms with van der Waals surface area (Å²) >= 11 is 0. The van der Waals surface area contributed by atoms with Crippen LogP contribution in [0.1, 0.15) is 24.6 Å². The molecule has 2 aromatic rings. The number of hydrogen-bond acceptors (Lipinski definition) is 3. The number of nitrogens with zero attached hydrogens (tertiary/aromatic N) is 2. The van der Waals surface area contributed by atoms with Gasteiger partial charge in [-0.2, -0.15) is 0 Å². The highest BCUT2D eigenvalue weighted by Gasteiger charge is 2.25. The molecule has 3 nitrogen and oxygen atoms in total. The van der Waals surface area contributed by atoms with Gasteiger partial charge in [-0.1, -0.05) is 0 Å². The molecule has 0 amide bonds. The van der Waals surface area contributed by atoms with Crippen LogP contribution in [0.5, 0.6) is 0 Å². The highest BCUT2D eigenvalue weighted by molar-refractivity contribution is 5.72. The Bertz CT molecular complexity index is 444. The average molecular weight is 202 g/mol. The molecule has 0 N–H and O–H groups in total. The van der Waals surface area contributed by atoms with Crippen LogP contribution in [0.4, 0.5) is 0 Å². The van der Waals surface area contributed by atoms with E-state index in [0.29, 0.717) is 6.04 Å². The Labute approximate surface area is 88.7 Å². The van der Waals surface area contributed by atoms with E-state index >= 15 is 0 Å². The molecule has 1 saturated heterocycles. The highest BCUT2D eigenvalue weighted by atomic mass is 16.3. The molecule has 3 heterocycles. The quantitative estimate of drug-likeness (QED) is 0.711. The molecule has 2 aromatic heterocycles. The number of hydrogen-bond donors (Lipinski definition) is 0. The Morgan fingerprint density at radius 1 is 1.53 bits per heavy atom. The van der Waals surface area contributed by atoms with E-state index in [1.807, 2.05) is 12.1 Å². The zero-order chi connectivity index (χ0) is 10.3. The maximum Gasteiger partial charge on any atom is 0.152 e. The summed E-state index contributed by atoms with van der Waals surface area (Å²) in [5, 5.41) is 0. The first kappa shape index (κ1) is 8.92. The Hall–Kier alpha value is -1.35. The largest absolute Gasteiger partial charge is 0.458 e. The molecular weight excluding hydrogens is 188 g/mol. The summed E-state index contributed by atoms with van der Waals surface area (Å²) in [6.07, 6.45) is 4.25. The van der Waals surface area contributed by atoms with Gasteiger partial charge in [0.2, 0.25) is 0 Å². The molecule has 3 rings (SSSR count). The summed E-state index contributed by atoms with van der Waals surface area (Å²) in [6, 6.07) is 6.40. The number of furan rings is 1. The Morgan fingerprint density at radius 3 is 3.20 bits per heavy atom. The van der Waals surface area contributed by atoms with Crippen molar-refractivity contribution < 1.29 is 4.42 Å². The van der Waals surface area contributed by atoms with Gasteiger partial charge in [-0.25, -0.2) is 0 Å². The van der Waals surface area contributed by atoms with Crippen molar-refractivity contribution in [3.8, 4) is 0 Å². The third-order valence-electron chi connectivity index (χ3n) is 3.16. The second kappa shape index (κ2) is 3.35. The van der Waals surface area contributed by atoms with Gasteiger partial charge in [0.1, 0.15) is 11.3 Å². The van der Waals surface area contributed by atoms with E-state index in [1.165, 1.54) is 12.8 Å². The molecule has 78 valence electrons.